The molecule has 0 spiro atoms. The standard InChI is InChI=1S/C15H23BN2O3/c1-13(2)14(3,4)21-16(20-13)12-7-17-18(8-12)10-15-5-11(6-15)9-19-15/h7-8,11H,5-6,9-10H2,1-4H3. The predicted molar refractivity (Wildman–Crippen MR) is 79.4 cm³/mol. The van der Waals surface area contributed by atoms with Gasteiger partial charge in [-0.2, -0.15) is 5.10 Å². The molecule has 0 amide bonds. The van der Waals surface area contributed by atoms with Crippen molar-refractivity contribution in [3.8, 4) is 0 Å². The van der Waals surface area contributed by atoms with E-state index in [1.807, 2.05) is 17.1 Å². The summed E-state index contributed by atoms with van der Waals surface area (Å²) in [5.74, 6) is 0.781. The molecule has 2 bridgehead atoms. The van der Waals surface area contributed by atoms with Crippen LogP contribution in [0.5, 0.6) is 0 Å². The maximum Gasteiger partial charge on any atom is 0.498 e. The number of rotatable bonds is 3. The Morgan fingerprint density at radius 1 is 1.24 bits per heavy atom. The molecule has 1 aromatic heterocycles. The SMILES string of the molecule is CC1(C)OB(c2cnn(CC34CC(CO3)C4)c2)OC1(C)C. The first-order valence-electron chi connectivity index (χ1n) is 7.81. The van der Waals surface area contributed by atoms with Gasteiger partial charge in [0.05, 0.1) is 30.0 Å². The van der Waals surface area contributed by atoms with Crippen molar-refractivity contribution in [2.24, 2.45) is 5.92 Å². The summed E-state index contributed by atoms with van der Waals surface area (Å²) in [6, 6.07) is 0. The van der Waals surface area contributed by atoms with Gasteiger partial charge in [0.1, 0.15) is 0 Å². The van der Waals surface area contributed by atoms with Crippen LogP contribution in [0.15, 0.2) is 12.4 Å². The molecule has 0 unspecified atom stereocenters. The van der Waals surface area contributed by atoms with Crippen molar-refractivity contribution in [2.75, 3.05) is 6.61 Å². The number of hydrogen-bond acceptors (Lipinski definition) is 4. The minimum absolute atomic E-state index is 0.0455. The molecule has 114 valence electrons. The third kappa shape index (κ3) is 2.07. The van der Waals surface area contributed by atoms with Crippen molar-refractivity contribution in [1.82, 2.24) is 9.78 Å². The van der Waals surface area contributed by atoms with E-state index in [9.17, 15) is 0 Å². The van der Waals surface area contributed by atoms with Gasteiger partial charge in [-0.25, -0.2) is 0 Å². The van der Waals surface area contributed by atoms with Crippen molar-refractivity contribution < 1.29 is 14.0 Å². The highest BCUT2D eigenvalue weighted by atomic mass is 16.7. The highest BCUT2D eigenvalue weighted by molar-refractivity contribution is 6.61. The van der Waals surface area contributed by atoms with E-state index in [2.05, 4.69) is 32.8 Å². The summed E-state index contributed by atoms with van der Waals surface area (Å²) >= 11 is 0. The zero-order valence-electron chi connectivity index (χ0n) is 13.3. The van der Waals surface area contributed by atoms with Crippen LogP contribution in [0.1, 0.15) is 40.5 Å². The molecule has 0 atom stereocenters. The molecular weight excluding hydrogens is 267 g/mol. The van der Waals surface area contributed by atoms with Gasteiger partial charge >= 0.3 is 7.12 Å². The average Bonchev–Trinajstić information content (AvgIpc) is 3.04. The van der Waals surface area contributed by atoms with Gasteiger partial charge in [-0.1, -0.05) is 0 Å². The lowest BCUT2D eigenvalue weighted by molar-refractivity contribution is -0.0163. The molecule has 21 heavy (non-hydrogen) atoms. The minimum Gasteiger partial charge on any atom is -0.399 e. The number of hydrogen-bond donors (Lipinski definition) is 0. The number of nitrogens with zero attached hydrogens (tertiary/aromatic N) is 2. The summed E-state index contributed by atoms with van der Waals surface area (Å²) in [6.07, 6.45) is 6.24. The Bertz CT molecular complexity index is 542. The van der Waals surface area contributed by atoms with Gasteiger partial charge in [0.2, 0.25) is 0 Å². The van der Waals surface area contributed by atoms with Gasteiger partial charge in [0.15, 0.2) is 0 Å². The molecule has 3 saturated heterocycles. The zero-order valence-corrected chi connectivity index (χ0v) is 13.3. The molecule has 3 aliphatic heterocycles. The number of fused-ring (bicyclic) bond motifs is 1. The molecule has 1 aromatic rings. The summed E-state index contributed by atoms with van der Waals surface area (Å²) in [6.45, 7) is 10.0. The van der Waals surface area contributed by atoms with Gasteiger partial charge in [0.25, 0.3) is 0 Å². The van der Waals surface area contributed by atoms with Gasteiger partial charge in [-0.15, -0.1) is 0 Å². The Kier molecular flexibility index (Phi) is 2.70. The van der Waals surface area contributed by atoms with Crippen LogP contribution in [0.3, 0.4) is 0 Å². The largest absolute Gasteiger partial charge is 0.498 e. The van der Waals surface area contributed by atoms with E-state index in [0.29, 0.717) is 0 Å². The molecule has 0 radical (unpaired) electrons. The first kappa shape index (κ1) is 13.8. The lowest BCUT2D eigenvalue weighted by Crippen LogP contribution is -2.41. The van der Waals surface area contributed by atoms with Crippen LogP contribution in [0, 0.1) is 5.92 Å². The van der Waals surface area contributed by atoms with Crippen LogP contribution >= 0.6 is 0 Å². The summed E-state index contributed by atoms with van der Waals surface area (Å²) in [7, 11) is -0.333. The topological polar surface area (TPSA) is 45.5 Å². The molecule has 5 rings (SSSR count). The second-order valence-electron chi connectivity index (χ2n) is 7.83. The first-order valence-corrected chi connectivity index (χ1v) is 7.81. The smallest absolute Gasteiger partial charge is 0.399 e. The summed E-state index contributed by atoms with van der Waals surface area (Å²) < 4.78 is 20.0. The molecule has 4 fully saturated rings. The first-order chi connectivity index (χ1) is 9.79. The highest BCUT2D eigenvalue weighted by Crippen LogP contribution is 2.49. The molecule has 0 aromatic carbocycles. The molecule has 5 nitrogen and oxygen atoms in total. The third-order valence-electron chi connectivity index (χ3n) is 5.58. The van der Waals surface area contributed by atoms with Crippen LogP contribution in [0.2, 0.25) is 0 Å². The summed E-state index contributed by atoms with van der Waals surface area (Å²) in [4.78, 5) is 0. The lowest BCUT2D eigenvalue weighted by atomic mass is 9.74. The second kappa shape index (κ2) is 4.12. The predicted octanol–water partition coefficient (Wildman–Crippen LogP) is 1.36. The zero-order chi connectivity index (χ0) is 14.9. The second-order valence-corrected chi connectivity index (χ2v) is 7.83. The fourth-order valence-electron chi connectivity index (χ4n) is 3.56. The van der Waals surface area contributed by atoms with Gasteiger partial charge in [-0.3, -0.25) is 4.68 Å². The van der Waals surface area contributed by atoms with E-state index in [1.165, 1.54) is 12.8 Å². The van der Waals surface area contributed by atoms with E-state index >= 15 is 0 Å². The highest BCUT2D eigenvalue weighted by Gasteiger charge is 2.53. The maximum absolute atomic E-state index is 6.06. The van der Waals surface area contributed by atoms with Crippen molar-refractivity contribution in [2.45, 2.75) is 63.9 Å². The van der Waals surface area contributed by atoms with Gasteiger partial charge in [-0.05, 0) is 46.5 Å². The van der Waals surface area contributed by atoms with Crippen LogP contribution in [0.4, 0.5) is 0 Å². The van der Waals surface area contributed by atoms with Crippen LogP contribution < -0.4 is 5.46 Å². The Labute approximate surface area is 126 Å². The quantitative estimate of drug-likeness (QED) is 0.789. The fourth-order valence-corrected chi connectivity index (χ4v) is 3.56. The summed E-state index contributed by atoms with van der Waals surface area (Å²) in [5, 5.41) is 4.47. The van der Waals surface area contributed by atoms with Crippen molar-refractivity contribution in [1.29, 1.82) is 0 Å². The van der Waals surface area contributed by atoms with Gasteiger partial charge in [0, 0.05) is 17.9 Å². The van der Waals surface area contributed by atoms with Crippen LogP contribution in [-0.2, 0) is 20.6 Å². The molecule has 1 saturated carbocycles. The molecule has 0 N–H and O–H groups in total. The number of ether oxygens (including phenoxy) is 1. The fraction of sp³-hybridized carbons (Fsp3) is 0.800. The van der Waals surface area contributed by atoms with E-state index in [1.54, 1.807) is 0 Å². The average molecular weight is 290 g/mol. The molecular formula is C15H23BN2O3. The number of aromatic nitrogens is 2. The van der Waals surface area contributed by atoms with Gasteiger partial charge < -0.3 is 14.0 Å². The lowest BCUT2D eigenvalue weighted by Gasteiger charge is -2.35. The molecule has 4 aliphatic rings. The summed E-state index contributed by atoms with van der Waals surface area (Å²) in [5.41, 5.74) is 0.408. The third-order valence-corrected chi connectivity index (χ3v) is 5.58. The normalized spacial score (nSPS) is 36.0. The van der Waals surface area contributed by atoms with Crippen molar-refractivity contribution in [3.05, 3.63) is 12.4 Å². The van der Waals surface area contributed by atoms with E-state index < -0.39 is 0 Å². The maximum atomic E-state index is 6.06. The van der Waals surface area contributed by atoms with Crippen molar-refractivity contribution >= 4 is 12.6 Å². The Morgan fingerprint density at radius 2 is 1.90 bits per heavy atom. The van der Waals surface area contributed by atoms with Crippen LogP contribution in [0.25, 0.3) is 0 Å². The molecule has 6 heteroatoms. The minimum atomic E-state index is -0.333. The Morgan fingerprint density at radius 3 is 2.48 bits per heavy atom. The Balaban J connectivity index is 1.48. The van der Waals surface area contributed by atoms with Crippen molar-refractivity contribution in [3.63, 3.8) is 0 Å². The van der Waals surface area contributed by atoms with E-state index in [0.717, 1.165) is 24.5 Å². The molecule has 1 aliphatic carbocycles. The van der Waals surface area contributed by atoms with Crippen LogP contribution in [-0.4, -0.2) is 40.3 Å². The van der Waals surface area contributed by atoms with E-state index in [-0.39, 0.29) is 23.9 Å². The van der Waals surface area contributed by atoms with E-state index in [4.69, 9.17) is 14.0 Å². The monoisotopic (exact) mass is 290 g/mol. The Hall–Kier alpha value is -0.845. The molecule has 4 heterocycles.